The standard InChI is InChI=1S/C11H15NOS/c1-7-5-10(13-4)6-8(2)11(7)12-9(3)14/h5-6H,1-4H3,(H,12,14). The van der Waals surface area contributed by atoms with Gasteiger partial charge in [0.25, 0.3) is 0 Å². The molecule has 0 aliphatic carbocycles. The molecule has 0 atom stereocenters. The van der Waals surface area contributed by atoms with Crippen molar-refractivity contribution in [1.29, 1.82) is 0 Å². The van der Waals surface area contributed by atoms with Crippen molar-refractivity contribution in [2.45, 2.75) is 20.8 Å². The van der Waals surface area contributed by atoms with Crippen LogP contribution in [0.5, 0.6) is 5.75 Å². The van der Waals surface area contributed by atoms with Gasteiger partial charge < -0.3 is 10.1 Å². The summed E-state index contributed by atoms with van der Waals surface area (Å²) in [6.07, 6.45) is 0. The lowest BCUT2D eigenvalue weighted by Gasteiger charge is -2.13. The highest BCUT2D eigenvalue weighted by Gasteiger charge is 2.05. The van der Waals surface area contributed by atoms with Crippen LogP contribution < -0.4 is 10.1 Å². The minimum absolute atomic E-state index is 0.779. The van der Waals surface area contributed by atoms with Crippen LogP contribution in [0.2, 0.25) is 0 Å². The molecule has 0 unspecified atom stereocenters. The predicted molar refractivity (Wildman–Crippen MR) is 64.4 cm³/mol. The van der Waals surface area contributed by atoms with Gasteiger partial charge in [-0.05, 0) is 44.0 Å². The second kappa shape index (κ2) is 4.42. The second-order valence-electron chi connectivity index (χ2n) is 3.32. The zero-order chi connectivity index (χ0) is 10.7. The van der Waals surface area contributed by atoms with Crippen LogP contribution in [-0.2, 0) is 0 Å². The summed E-state index contributed by atoms with van der Waals surface area (Å²) in [5.74, 6) is 0.882. The van der Waals surface area contributed by atoms with E-state index in [1.54, 1.807) is 7.11 Å². The van der Waals surface area contributed by atoms with Crippen LogP contribution in [-0.4, -0.2) is 12.1 Å². The maximum atomic E-state index is 5.18. The van der Waals surface area contributed by atoms with Gasteiger partial charge in [-0.25, -0.2) is 0 Å². The Hall–Kier alpha value is -1.09. The zero-order valence-corrected chi connectivity index (χ0v) is 9.79. The van der Waals surface area contributed by atoms with E-state index >= 15 is 0 Å². The van der Waals surface area contributed by atoms with E-state index in [0.29, 0.717) is 0 Å². The number of methoxy groups -OCH3 is 1. The Labute approximate surface area is 90.3 Å². The molecule has 1 N–H and O–H groups in total. The first-order valence-electron chi connectivity index (χ1n) is 4.47. The van der Waals surface area contributed by atoms with Crippen molar-refractivity contribution < 1.29 is 4.74 Å². The Bertz CT molecular complexity index is 337. The lowest BCUT2D eigenvalue weighted by Crippen LogP contribution is -2.06. The minimum Gasteiger partial charge on any atom is -0.497 e. The monoisotopic (exact) mass is 209 g/mol. The van der Waals surface area contributed by atoms with E-state index in [1.165, 1.54) is 0 Å². The molecule has 2 nitrogen and oxygen atoms in total. The third kappa shape index (κ3) is 2.45. The van der Waals surface area contributed by atoms with Crippen LogP contribution in [0, 0.1) is 13.8 Å². The van der Waals surface area contributed by atoms with Gasteiger partial charge in [-0.1, -0.05) is 12.2 Å². The molecule has 0 amide bonds. The fourth-order valence-corrected chi connectivity index (χ4v) is 1.52. The first-order valence-corrected chi connectivity index (χ1v) is 4.88. The van der Waals surface area contributed by atoms with Crippen molar-refractivity contribution in [2.24, 2.45) is 0 Å². The number of hydrogen-bond acceptors (Lipinski definition) is 2. The highest BCUT2D eigenvalue weighted by molar-refractivity contribution is 7.80. The Morgan fingerprint density at radius 2 is 1.79 bits per heavy atom. The Kier molecular flexibility index (Phi) is 3.47. The quantitative estimate of drug-likeness (QED) is 0.756. The highest BCUT2D eigenvalue weighted by atomic mass is 32.1. The maximum Gasteiger partial charge on any atom is 0.119 e. The second-order valence-corrected chi connectivity index (χ2v) is 3.93. The molecule has 3 heteroatoms. The molecule has 0 aliphatic rings. The van der Waals surface area contributed by atoms with E-state index in [2.05, 4.69) is 5.32 Å². The van der Waals surface area contributed by atoms with Gasteiger partial charge in [0.1, 0.15) is 5.75 Å². The fraction of sp³-hybridized carbons (Fsp3) is 0.364. The van der Waals surface area contributed by atoms with Crippen molar-refractivity contribution in [3.05, 3.63) is 23.3 Å². The molecule has 0 bridgehead atoms. The van der Waals surface area contributed by atoms with Gasteiger partial charge in [0.15, 0.2) is 0 Å². The third-order valence-corrected chi connectivity index (χ3v) is 2.15. The van der Waals surface area contributed by atoms with Crippen LogP contribution in [0.1, 0.15) is 18.1 Å². The fourth-order valence-electron chi connectivity index (χ4n) is 1.41. The summed E-state index contributed by atoms with van der Waals surface area (Å²) in [5.41, 5.74) is 3.37. The van der Waals surface area contributed by atoms with Crippen LogP contribution in [0.3, 0.4) is 0 Å². The van der Waals surface area contributed by atoms with E-state index in [4.69, 9.17) is 17.0 Å². The number of rotatable bonds is 2. The average molecular weight is 209 g/mol. The lowest BCUT2D eigenvalue weighted by molar-refractivity contribution is 0.414. The summed E-state index contributed by atoms with van der Waals surface area (Å²) in [7, 11) is 1.67. The number of nitrogens with one attached hydrogen (secondary N) is 1. The summed E-state index contributed by atoms with van der Waals surface area (Å²) in [6.45, 7) is 5.95. The van der Waals surface area contributed by atoms with Gasteiger partial charge in [-0.15, -0.1) is 0 Å². The van der Waals surface area contributed by atoms with E-state index in [-0.39, 0.29) is 0 Å². The lowest BCUT2D eigenvalue weighted by atomic mass is 10.1. The highest BCUT2D eigenvalue weighted by Crippen LogP contribution is 2.25. The van der Waals surface area contributed by atoms with Gasteiger partial charge in [0, 0.05) is 5.69 Å². The number of anilines is 1. The third-order valence-electron chi connectivity index (χ3n) is 2.04. The largest absolute Gasteiger partial charge is 0.497 e. The van der Waals surface area contributed by atoms with Crippen LogP contribution >= 0.6 is 12.2 Å². The van der Waals surface area contributed by atoms with E-state index in [9.17, 15) is 0 Å². The molecule has 1 aromatic rings. The van der Waals surface area contributed by atoms with Crippen molar-refractivity contribution in [2.75, 3.05) is 12.4 Å². The van der Waals surface area contributed by atoms with Crippen molar-refractivity contribution >= 4 is 22.9 Å². The number of benzene rings is 1. The van der Waals surface area contributed by atoms with Crippen LogP contribution in [0.25, 0.3) is 0 Å². The van der Waals surface area contributed by atoms with Crippen molar-refractivity contribution in [1.82, 2.24) is 0 Å². The molecule has 0 saturated carbocycles. The van der Waals surface area contributed by atoms with Crippen molar-refractivity contribution in [3.63, 3.8) is 0 Å². The van der Waals surface area contributed by atoms with Gasteiger partial charge in [0.05, 0.1) is 12.1 Å². The van der Waals surface area contributed by atoms with E-state index in [1.807, 2.05) is 32.9 Å². The summed E-state index contributed by atoms with van der Waals surface area (Å²) in [4.78, 5) is 0.779. The molecule has 0 aliphatic heterocycles. The normalized spacial score (nSPS) is 9.71. The Balaban J connectivity index is 3.11. The summed E-state index contributed by atoms with van der Waals surface area (Å²) >= 11 is 5.02. The molecule has 0 radical (unpaired) electrons. The first-order chi connectivity index (χ1) is 6.54. The molecular formula is C11H15NOS. The van der Waals surface area contributed by atoms with Gasteiger partial charge in [0.2, 0.25) is 0 Å². The van der Waals surface area contributed by atoms with Gasteiger partial charge in [-0.3, -0.25) is 0 Å². The van der Waals surface area contributed by atoms with Gasteiger partial charge in [-0.2, -0.15) is 0 Å². The van der Waals surface area contributed by atoms with Crippen LogP contribution in [0.15, 0.2) is 12.1 Å². The number of thiocarbonyl (C=S) groups is 1. The first kappa shape index (κ1) is 11.0. The molecular weight excluding hydrogens is 194 g/mol. The topological polar surface area (TPSA) is 21.3 Å². The average Bonchev–Trinajstić information content (AvgIpc) is 2.10. The smallest absolute Gasteiger partial charge is 0.119 e. The molecule has 1 rings (SSSR count). The molecule has 14 heavy (non-hydrogen) atoms. The SMILES string of the molecule is COc1cc(C)c(NC(C)=S)c(C)c1. The van der Waals surface area contributed by atoms with Crippen LogP contribution in [0.4, 0.5) is 5.69 Å². The summed E-state index contributed by atoms with van der Waals surface area (Å²) in [6, 6.07) is 3.99. The molecule has 0 fully saturated rings. The van der Waals surface area contributed by atoms with Gasteiger partial charge >= 0.3 is 0 Å². The van der Waals surface area contributed by atoms with E-state index in [0.717, 1.165) is 27.6 Å². The predicted octanol–water partition coefficient (Wildman–Crippen LogP) is 3.07. The number of hydrogen-bond donors (Lipinski definition) is 1. The minimum atomic E-state index is 0.779. The number of ether oxygens (including phenoxy) is 1. The maximum absolute atomic E-state index is 5.18. The zero-order valence-electron chi connectivity index (χ0n) is 8.97. The molecule has 0 saturated heterocycles. The molecule has 0 spiro atoms. The molecule has 0 heterocycles. The molecule has 1 aromatic carbocycles. The van der Waals surface area contributed by atoms with E-state index < -0.39 is 0 Å². The number of aryl methyl sites for hydroxylation is 2. The molecule has 0 aromatic heterocycles. The summed E-state index contributed by atoms with van der Waals surface area (Å²) in [5, 5.41) is 3.17. The molecule has 76 valence electrons. The summed E-state index contributed by atoms with van der Waals surface area (Å²) < 4.78 is 5.18. The Morgan fingerprint density at radius 1 is 1.29 bits per heavy atom. The van der Waals surface area contributed by atoms with Crippen molar-refractivity contribution in [3.8, 4) is 5.75 Å². The Morgan fingerprint density at radius 3 is 2.14 bits per heavy atom.